The van der Waals surface area contributed by atoms with E-state index in [1.54, 1.807) is 23.9 Å². The van der Waals surface area contributed by atoms with Gasteiger partial charge in [0.1, 0.15) is 5.82 Å². The molecule has 0 atom stereocenters. The van der Waals surface area contributed by atoms with E-state index in [9.17, 15) is 4.79 Å². The Morgan fingerprint density at radius 2 is 1.62 bits per heavy atom. The Labute approximate surface area is 193 Å². The summed E-state index contributed by atoms with van der Waals surface area (Å²) in [4.78, 5) is 25.5. The quantitative estimate of drug-likeness (QED) is 0.424. The first-order valence-electron chi connectivity index (χ1n) is 10.8. The van der Waals surface area contributed by atoms with Gasteiger partial charge in [-0.05, 0) is 37.1 Å². The Hall–Kier alpha value is -2.90. The standard InChI is InChI=1S/C25H28N4O2S/c1-18-19(2)26-25(32-17-21-8-10-22(11-9-21)24(30)31)27-23(18)29-14-12-28(13-15-29)16-20-6-4-3-5-7-20/h3-11H,12-17H2,1-2H3,(H,30,31). The van der Waals surface area contributed by atoms with Gasteiger partial charge in [0.05, 0.1) is 5.56 Å². The molecule has 1 fully saturated rings. The van der Waals surface area contributed by atoms with Crippen molar-refractivity contribution in [3.8, 4) is 0 Å². The van der Waals surface area contributed by atoms with Crippen LogP contribution in [0.3, 0.4) is 0 Å². The topological polar surface area (TPSA) is 69.6 Å². The van der Waals surface area contributed by atoms with Gasteiger partial charge in [0.2, 0.25) is 0 Å². The average Bonchev–Trinajstić information content (AvgIpc) is 2.81. The Bertz CT molecular complexity index is 1070. The highest BCUT2D eigenvalue weighted by molar-refractivity contribution is 7.98. The van der Waals surface area contributed by atoms with Gasteiger partial charge in [-0.25, -0.2) is 14.8 Å². The fraction of sp³-hybridized carbons (Fsp3) is 0.320. The number of carboxylic acids is 1. The van der Waals surface area contributed by atoms with Crippen molar-refractivity contribution in [2.75, 3.05) is 31.1 Å². The third kappa shape index (κ3) is 5.47. The minimum atomic E-state index is -0.907. The fourth-order valence-corrected chi connectivity index (χ4v) is 4.65. The first-order chi connectivity index (χ1) is 15.5. The fourth-order valence-electron chi connectivity index (χ4n) is 3.81. The number of aromatic nitrogens is 2. The highest BCUT2D eigenvalue weighted by atomic mass is 32.2. The summed E-state index contributed by atoms with van der Waals surface area (Å²) in [7, 11) is 0. The second-order valence-corrected chi connectivity index (χ2v) is 9.02. The lowest BCUT2D eigenvalue weighted by molar-refractivity contribution is 0.0697. The van der Waals surface area contributed by atoms with E-state index in [-0.39, 0.29) is 0 Å². The first-order valence-corrected chi connectivity index (χ1v) is 11.8. The molecule has 6 nitrogen and oxygen atoms in total. The number of hydrogen-bond donors (Lipinski definition) is 1. The molecule has 0 aliphatic carbocycles. The molecule has 0 radical (unpaired) electrons. The maximum atomic E-state index is 11.0. The number of rotatable bonds is 7. The van der Waals surface area contributed by atoms with Gasteiger partial charge >= 0.3 is 5.97 Å². The molecule has 7 heteroatoms. The van der Waals surface area contributed by atoms with Crippen LogP contribution in [0.1, 0.15) is 32.7 Å². The summed E-state index contributed by atoms with van der Waals surface area (Å²) in [6.45, 7) is 9.04. The summed E-state index contributed by atoms with van der Waals surface area (Å²) in [5.41, 5.74) is 4.85. The minimum absolute atomic E-state index is 0.301. The maximum absolute atomic E-state index is 11.0. The molecular weight excluding hydrogens is 420 g/mol. The van der Waals surface area contributed by atoms with E-state index >= 15 is 0 Å². The van der Waals surface area contributed by atoms with Gasteiger partial charge in [-0.15, -0.1) is 0 Å². The largest absolute Gasteiger partial charge is 0.478 e. The zero-order valence-electron chi connectivity index (χ0n) is 18.5. The predicted octanol–water partition coefficient (Wildman–Crippen LogP) is 4.41. The Balaban J connectivity index is 1.39. The van der Waals surface area contributed by atoms with Crippen LogP contribution in [0.4, 0.5) is 5.82 Å². The molecule has 0 amide bonds. The van der Waals surface area contributed by atoms with Crippen LogP contribution in [0.2, 0.25) is 0 Å². The Kier molecular flexibility index (Phi) is 7.07. The number of anilines is 1. The number of nitrogens with zero attached hydrogens (tertiary/aromatic N) is 4. The van der Waals surface area contributed by atoms with Crippen LogP contribution in [-0.4, -0.2) is 52.1 Å². The molecule has 0 bridgehead atoms. The zero-order chi connectivity index (χ0) is 22.5. The van der Waals surface area contributed by atoms with Crippen molar-refractivity contribution in [1.82, 2.24) is 14.9 Å². The number of carbonyl (C=O) groups is 1. The lowest BCUT2D eigenvalue weighted by Gasteiger charge is -2.36. The zero-order valence-corrected chi connectivity index (χ0v) is 19.3. The Morgan fingerprint density at radius 1 is 0.938 bits per heavy atom. The lowest BCUT2D eigenvalue weighted by atomic mass is 10.1. The molecule has 2 heterocycles. The molecular formula is C25H28N4O2S. The monoisotopic (exact) mass is 448 g/mol. The summed E-state index contributed by atoms with van der Waals surface area (Å²) in [6.07, 6.45) is 0. The molecule has 1 aromatic heterocycles. The van der Waals surface area contributed by atoms with E-state index in [0.29, 0.717) is 11.3 Å². The van der Waals surface area contributed by atoms with E-state index in [2.05, 4.69) is 52.0 Å². The number of aromatic carboxylic acids is 1. The molecule has 0 saturated carbocycles. The molecule has 1 aliphatic heterocycles. The molecule has 4 rings (SSSR count). The van der Waals surface area contributed by atoms with E-state index < -0.39 is 5.97 Å². The molecule has 1 N–H and O–H groups in total. The van der Waals surface area contributed by atoms with Crippen LogP contribution in [-0.2, 0) is 12.3 Å². The van der Waals surface area contributed by atoms with E-state index in [4.69, 9.17) is 10.1 Å². The van der Waals surface area contributed by atoms with Crippen molar-refractivity contribution in [2.45, 2.75) is 31.3 Å². The van der Waals surface area contributed by atoms with Crippen LogP contribution < -0.4 is 4.90 Å². The number of carboxylic acid groups (broad SMARTS) is 1. The van der Waals surface area contributed by atoms with Crippen LogP contribution in [0.25, 0.3) is 0 Å². The van der Waals surface area contributed by atoms with Crippen molar-refractivity contribution in [2.24, 2.45) is 0 Å². The number of aryl methyl sites for hydroxylation is 1. The van der Waals surface area contributed by atoms with Crippen molar-refractivity contribution < 1.29 is 9.90 Å². The van der Waals surface area contributed by atoms with Crippen molar-refractivity contribution >= 4 is 23.5 Å². The third-order valence-electron chi connectivity index (χ3n) is 5.83. The van der Waals surface area contributed by atoms with E-state index in [0.717, 1.165) is 60.5 Å². The summed E-state index contributed by atoms with van der Waals surface area (Å²) < 4.78 is 0. The SMILES string of the molecule is Cc1nc(SCc2ccc(C(=O)O)cc2)nc(N2CCN(Cc3ccccc3)CC2)c1C. The third-order valence-corrected chi connectivity index (χ3v) is 6.75. The van der Waals surface area contributed by atoms with Crippen molar-refractivity contribution in [3.05, 3.63) is 82.5 Å². The summed E-state index contributed by atoms with van der Waals surface area (Å²) in [5, 5.41) is 9.81. The van der Waals surface area contributed by atoms with E-state index in [1.165, 1.54) is 5.56 Å². The first kappa shape index (κ1) is 22.3. The Morgan fingerprint density at radius 3 is 2.28 bits per heavy atom. The number of benzene rings is 2. The van der Waals surface area contributed by atoms with Gasteiger partial charge < -0.3 is 10.0 Å². The maximum Gasteiger partial charge on any atom is 0.335 e. The van der Waals surface area contributed by atoms with Crippen molar-refractivity contribution in [1.29, 1.82) is 0 Å². The van der Waals surface area contributed by atoms with Crippen LogP contribution >= 0.6 is 11.8 Å². The van der Waals surface area contributed by atoms with E-state index in [1.807, 2.05) is 19.1 Å². The van der Waals surface area contributed by atoms with Gasteiger partial charge in [-0.2, -0.15) is 0 Å². The van der Waals surface area contributed by atoms with Gasteiger partial charge in [-0.1, -0.05) is 54.2 Å². The van der Waals surface area contributed by atoms with Crippen LogP contribution in [0.5, 0.6) is 0 Å². The number of hydrogen-bond acceptors (Lipinski definition) is 6. The summed E-state index contributed by atoms with van der Waals surface area (Å²) >= 11 is 1.58. The highest BCUT2D eigenvalue weighted by Gasteiger charge is 2.21. The van der Waals surface area contributed by atoms with Gasteiger partial charge in [0.25, 0.3) is 0 Å². The molecule has 1 aliphatic rings. The smallest absolute Gasteiger partial charge is 0.335 e. The normalized spacial score (nSPS) is 14.5. The second-order valence-electron chi connectivity index (χ2n) is 8.08. The van der Waals surface area contributed by atoms with Gasteiger partial charge in [0.15, 0.2) is 5.16 Å². The lowest BCUT2D eigenvalue weighted by Crippen LogP contribution is -2.46. The molecule has 3 aromatic rings. The minimum Gasteiger partial charge on any atom is -0.478 e. The molecule has 0 spiro atoms. The highest BCUT2D eigenvalue weighted by Crippen LogP contribution is 2.27. The average molecular weight is 449 g/mol. The predicted molar refractivity (Wildman–Crippen MR) is 128 cm³/mol. The van der Waals surface area contributed by atoms with Crippen molar-refractivity contribution in [3.63, 3.8) is 0 Å². The molecule has 1 saturated heterocycles. The molecule has 0 unspecified atom stereocenters. The molecule has 166 valence electrons. The summed E-state index contributed by atoms with van der Waals surface area (Å²) in [6, 6.07) is 17.6. The second kappa shape index (κ2) is 10.1. The van der Waals surface area contributed by atoms with Crippen LogP contribution in [0, 0.1) is 13.8 Å². The van der Waals surface area contributed by atoms with Gasteiger partial charge in [-0.3, -0.25) is 4.90 Å². The number of thioether (sulfide) groups is 1. The summed E-state index contributed by atoms with van der Waals surface area (Å²) in [5.74, 6) is 0.822. The number of piperazine rings is 1. The van der Waals surface area contributed by atoms with Crippen LogP contribution in [0.15, 0.2) is 59.8 Å². The van der Waals surface area contributed by atoms with Gasteiger partial charge in [0, 0.05) is 49.7 Å². The molecule has 2 aromatic carbocycles. The molecule has 32 heavy (non-hydrogen) atoms.